The molecular weight excluding hydrogens is 318 g/mol. The molecular formula is C19H23N3O3. The number of nitrogens with one attached hydrogen (secondary N) is 2. The maximum Gasteiger partial charge on any atom is 0.266 e. The van der Waals surface area contributed by atoms with Crippen molar-refractivity contribution in [2.24, 2.45) is 0 Å². The van der Waals surface area contributed by atoms with Gasteiger partial charge in [0.2, 0.25) is 5.91 Å². The van der Waals surface area contributed by atoms with Gasteiger partial charge in [-0.05, 0) is 56.9 Å². The van der Waals surface area contributed by atoms with E-state index in [-0.39, 0.29) is 23.1 Å². The van der Waals surface area contributed by atoms with E-state index in [0.717, 1.165) is 24.2 Å². The number of nitrogens with zero attached hydrogens (tertiary/aromatic N) is 1. The van der Waals surface area contributed by atoms with Gasteiger partial charge in [-0.15, -0.1) is 0 Å². The van der Waals surface area contributed by atoms with Gasteiger partial charge in [-0.1, -0.05) is 0 Å². The SMILES string of the molecule is Cc1[nH]c(=O)c(C#N)c(C)c1CCC(=O)N[C@H](C)CCc1ccco1. The number of H-pyrrole nitrogens is 1. The van der Waals surface area contributed by atoms with Gasteiger partial charge in [-0.2, -0.15) is 5.26 Å². The van der Waals surface area contributed by atoms with Crippen LogP contribution in [0, 0.1) is 25.2 Å². The fourth-order valence-corrected chi connectivity index (χ4v) is 2.89. The molecule has 0 fully saturated rings. The summed E-state index contributed by atoms with van der Waals surface area (Å²) in [6, 6.07) is 5.74. The van der Waals surface area contributed by atoms with Crippen LogP contribution in [0.15, 0.2) is 27.6 Å². The molecule has 0 saturated heterocycles. The van der Waals surface area contributed by atoms with Crippen LogP contribution in [-0.4, -0.2) is 16.9 Å². The first-order chi connectivity index (χ1) is 11.9. The van der Waals surface area contributed by atoms with Crippen molar-refractivity contribution in [3.05, 3.63) is 56.9 Å². The molecule has 0 unspecified atom stereocenters. The maximum absolute atomic E-state index is 12.2. The molecule has 0 radical (unpaired) electrons. The number of aryl methyl sites for hydroxylation is 2. The number of pyridine rings is 1. The third-order valence-corrected chi connectivity index (χ3v) is 4.33. The highest BCUT2D eigenvalue weighted by Gasteiger charge is 2.14. The number of nitriles is 1. The first-order valence-corrected chi connectivity index (χ1v) is 8.36. The summed E-state index contributed by atoms with van der Waals surface area (Å²) in [5, 5.41) is 12.1. The van der Waals surface area contributed by atoms with Crippen LogP contribution in [0.5, 0.6) is 0 Å². The molecule has 0 aliphatic rings. The van der Waals surface area contributed by atoms with Crippen LogP contribution >= 0.6 is 0 Å². The van der Waals surface area contributed by atoms with Crippen molar-refractivity contribution >= 4 is 5.91 Å². The van der Waals surface area contributed by atoms with E-state index in [1.807, 2.05) is 25.1 Å². The summed E-state index contributed by atoms with van der Waals surface area (Å²) in [6.07, 6.45) is 4.01. The van der Waals surface area contributed by atoms with Crippen molar-refractivity contribution in [1.29, 1.82) is 5.26 Å². The van der Waals surface area contributed by atoms with E-state index >= 15 is 0 Å². The second kappa shape index (κ2) is 8.34. The van der Waals surface area contributed by atoms with Gasteiger partial charge in [0, 0.05) is 24.6 Å². The van der Waals surface area contributed by atoms with Crippen molar-refractivity contribution in [3.8, 4) is 6.07 Å². The summed E-state index contributed by atoms with van der Waals surface area (Å²) in [7, 11) is 0. The highest BCUT2D eigenvalue weighted by molar-refractivity contribution is 5.76. The molecule has 6 nitrogen and oxygen atoms in total. The number of carbonyl (C=O) groups is 1. The normalized spacial score (nSPS) is 11.8. The third kappa shape index (κ3) is 4.83. The van der Waals surface area contributed by atoms with Gasteiger partial charge < -0.3 is 14.7 Å². The van der Waals surface area contributed by atoms with Crippen molar-refractivity contribution in [2.45, 2.75) is 52.5 Å². The molecule has 0 spiro atoms. The molecule has 2 rings (SSSR count). The van der Waals surface area contributed by atoms with Gasteiger partial charge in [0.15, 0.2) is 0 Å². The van der Waals surface area contributed by atoms with Gasteiger partial charge in [0.25, 0.3) is 5.56 Å². The third-order valence-electron chi connectivity index (χ3n) is 4.33. The molecule has 2 N–H and O–H groups in total. The second-order valence-electron chi connectivity index (χ2n) is 6.26. The molecule has 0 aliphatic heterocycles. The second-order valence-corrected chi connectivity index (χ2v) is 6.26. The first kappa shape index (κ1) is 18.5. The molecule has 1 amide bonds. The lowest BCUT2D eigenvalue weighted by molar-refractivity contribution is -0.121. The highest BCUT2D eigenvalue weighted by Crippen LogP contribution is 2.15. The Bertz CT molecular complexity index is 829. The Kier molecular flexibility index (Phi) is 6.18. The van der Waals surface area contributed by atoms with E-state index in [1.54, 1.807) is 20.1 Å². The summed E-state index contributed by atoms with van der Waals surface area (Å²) < 4.78 is 5.28. The zero-order valence-electron chi connectivity index (χ0n) is 14.8. The Balaban J connectivity index is 1.90. The van der Waals surface area contributed by atoms with Crippen molar-refractivity contribution in [2.75, 3.05) is 0 Å². The van der Waals surface area contributed by atoms with Crippen LogP contribution in [0.25, 0.3) is 0 Å². The number of furan rings is 1. The van der Waals surface area contributed by atoms with Gasteiger partial charge in [0.05, 0.1) is 6.26 Å². The van der Waals surface area contributed by atoms with Crippen LogP contribution in [0.4, 0.5) is 0 Å². The summed E-state index contributed by atoms with van der Waals surface area (Å²) in [6.45, 7) is 5.50. The predicted molar refractivity (Wildman–Crippen MR) is 94.2 cm³/mol. The van der Waals surface area contributed by atoms with Gasteiger partial charge in [-0.3, -0.25) is 9.59 Å². The molecule has 6 heteroatoms. The quantitative estimate of drug-likeness (QED) is 0.808. The molecule has 2 heterocycles. The van der Waals surface area contributed by atoms with Crippen LogP contribution < -0.4 is 10.9 Å². The Hall–Kier alpha value is -2.81. The summed E-state index contributed by atoms with van der Waals surface area (Å²) >= 11 is 0. The number of aromatic amines is 1. The predicted octanol–water partition coefficient (Wildman–Crippen LogP) is 2.53. The van der Waals surface area contributed by atoms with Gasteiger partial charge in [0.1, 0.15) is 17.4 Å². The van der Waals surface area contributed by atoms with E-state index in [9.17, 15) is 9.59 Å². The molecule has 1 atom stereocenters. The number of carbonyl (C=O) groups excluding carboxylic acids is 1. The van der Waals surface area contributed by atoms with Crippen LogP contribution in [-0.2, 0) is 17.6 Å². The monoisotopic (exact) mass is 341 g/mol. The summed E-state index contributed by atoms with van der Waals surface area (Å²) in [5.74, 6) is 0.861. The average Bonchev–Trinajstić information content (AvgIpc) is 3.06. The summed E-state index contributed by atoms with van der Waals surface area (Å²) in [4.78, 5) is 26.6. The van der Waals surface area contributed by atoms with E-state index in [4.69, 9.17) is 9.68 Å². The molecule has 132 valence electrons. The molecule has 25 heavy (non-hydrogen) atoms. The number of rotatable bonds is 7. The van der Waals surface area contributed by atoms with Crippen molar-refractivity contribution in [3.63, 3.8) is 0 Å². The lowest BCUT2D eigenvalue weighted by Gasteiger charge is -2.14. The standard InChI is InChI=1S/C19H23N3O3/c1-12(6-7-15-5-4-10-25-15)21-18(23)9-8-16-13(2)17(11-20)19(24)22-14(16)3/h4-5,10,12H,6-9H2,1-3H3,(H,21,23)(H,22,24)/t12-/m1/s1. The minimum atomic E-state index is -0.378. The first-order valence-electron chi connectivity index (χ1n) is 8.36. The smallest absolute Gasteiger partial charge is 0.266 e. The minimum Gasteiger partial charge on any atom is -0.469 e. The zero-order valence-corrected chi connectivity index (χ0v) is 14.8. The van der Waals surface area contributed by atoms with Crippen LogP contribution in [0.3, 0.4) is 0 Å². The zero-order chi connectivity index (χ0) is 18.4. The lowest BCUT2D eigenvalue weighted by Crippen LogP contribution is -2.33. The Morgan fingerprint density at radius 3 is 2.80 bits per heavy atom. The molecule has 0 saturated carbocycles. The molecule has 0 aliphatic carbocycles. The van der Waals surface area contributed by atoms with Crippen LogP contribution in [0.2, 0.25) is 0 Å². The van der Waals surface area contributed by atoms with Crippen molar-refractivity contribution in [1.82, 2.24) is 10.3 Å². The number of hydrogen-bond acceptors (Lipinski definition) is 4. The number of aromatic nitrogens is 1. The molecule has 2 aromatic heterocycles. The number of hydrogen-bond donors (Lipinski definition) is 2. The van der Waals surface area contributed by atoms with Gasteiger partial charge >= 0.3 is 0 Å². The fraction of sp³-hybridized carbons (Fsp3) is 0.421. The average molecular weight is 341 g/mol. The van der Waals surface area contributed by atoms with Gasteiger partial charge in [-0.25, -0.2) is 0 Å². The molecule has 2 aromatic rings. The topological polar surface area (TPSA) is 98.9 Å². The van der Waals surface area contributed by atoms with Crippen LogP contribution in [0.1, 0.15) is 47.9 Å². The Morgan fingerprint density at radius 2 is 2.16 bits per heavy atom. The van der Waals surface area contributed by atoms with E-state index in [0.29, 0.717) is 24.1 Å². The van der Waals surface area contributed by atoms with E-state index < -0.39 is 0 Å². The van der Waals surface area contributed by atoms with Crippen molar-refractivity contribution < 1.29 is 9.21 Å². The Morgan fingerprint density at radius 1 is 1.40 bits per heavy atom. The number of amides is 1. The van der Waals surface area contributed by atoms with E-state index in [2.05, 4.69) is 10.3 Å². The lowest BCUT2D eigenvalue weighted by atomic mass is 9.99. The van der Waals surface area contributed by atoms with E-state index in [1.165, 1.54) is 0 Å². The Labute approximate surface area is 146 Å². The minimum absolute atomic E-state index is 0.0459. The maximum atomic E-state index is 12.2. The largest absolute Gasteiger partial charge is 0.469 e. The highest BCUT2D eigenvalue weighted by atomic mass is 16.3. The molecule has 0 bridgehead atoms. The fourth-order valence-electron chi connectivity index (χ4n) is 2.89. The summed E-state index contributed by atoms with van der Waals surface area (Å²) in [5.41, 5.74) is 1.96. The molecule has 0 aromatic carbocycles.